The highest BCUT2D eigenvalue weighted by atomic mass is 16.5. The number of rotatable bonds is 4. The smallest absolute Gasteiger partial charge is 0.302 e. The van der Waals surface area contributed by atoms with E-state index in [4.69, 9.17) is 5.26 Å². The molecule has 0 bridgehead atoms. The first-order chi connectivity index (χ1) is 9.19. The third kappa shape index (κ3) is 128. The average molecular weight is 287 g/mol. The molecule has 0 unspecified atom stereocenters. The molecule has 0 rings (SSSR count). The molecule has 0 saturated carbocycles. The van der Waals surface area contributed by atoms with E-state index in [-0.39, 0.29) is 17.9 Å². The molecule has 0 spiro atoms. The number of hydrogen-bond donors (Lipinski definition) is 0. The van der Waals surface area contributed by atoms with Gasteiger partial charge >= 0.3 is 5.97 Å². The highest BCUT2D eigenvalue weighted by Gasteiger charge is 1.93. The lowest BCUT2D eigenvalue weighted by molar-refractivity contribution is -0.144. The summed E-state index contributed by atoms with van der Waals surface area (Å²) >= 11 is 0. The van der Waals surface area contributed by atoms with Gasteiger partial charge in [0.25, 0.3) is 0 Å². The zero-order valence-corrected chi connectivity index (χ0v) is 14.6. The van der Waals surface area contributed by atoms with Crippen LogP contribution in [0.4, 0.5) is 0 Å². The van der Waals surface area contributed by atoms with Gasteiger partial charge in [-0.25, -0.2) is 0 Å². The van der Waals surface area contributed by atoms with E-state index in [2.05, 4.69) is 18.6 Å². The first-order valence-electron chi connectivity index (χ1n) is 7.14. The molecule has 0 amide bonds. The number of Topliss-reactive ketones (excluding diaryl/α,β-unsaturated/α-hetero) is 1. The van der Waals surface area contributed by atoms with Crippen molar-refractivity contribution in [2.45, 2.75) is 87.2 Å². The van der Waals surface area contributed by atoms with Crippen LogP contribution in [0, 0.1) is 11.3 Å². The van der Waals surface area contributed by atoms with Crippen LogP contribution in [0.15, 0.2) is 0 Å². The first kappa shape index (κ1) is 27.1. The predicted octanol–water partition coefficient (Wildman–Crippen LogP) is 4.67. The number of ether oxygens (including phenoxy) is 1. The molecule has 0 fully saturated rings. The van der Waals surface area contributed by atoms with Crippen LogP contribution in [-0.4, -0.2) is 17.9 Å². The Morgan fingerprint density at radius 2 is 1.30 bits per heavy atom. The lowest BCUT2D eigenvalue weighted by Crippen LogP contribution is -2.06. The fourth-order valence-electron chi connectivity index (χ4n) is 0.832. The molecule has 4 heteroatoms. The van der Waals surface area contributed by atoms with E-state index in [0.29, 0.717) is 0 Å². The Labute approximate surface area is 125 Å². The van der Waals surface area contributed by atoms with Crippen molar-refractivity contribution in [1.29, 1.82) is 5.26 Å². The van der Waals surface area contributed by atoms with Crippen LogP contribution in [0.3, 0.4) is 0 Å². The van der Waals surface area contributed by atoms with Gasteiger partial charge in [0.05, 0.1) is 12.2 Å². The fraction of sp³-hybridized carbons (Fsp3) is 0.812. The highest BCUT2D eigenvalue weighted by molar-refractivity contribution is 5.72. The standard InChI is InChI=1S/C6H14.C5H10O2.C3H6O.C2H3N/c1-3-5-6-4-2;1-4(2)7-5(3)6;1-3(2)4;1-2-3/h3-6H2,1-2H3;4H,1-3H3;1-2H3;1H3. The summed E-state index contributed by atoms with van der Waals surface area (Å²) in [5, 5.41) is 7.32. The van der Waals surface area contributed by atoms with Crippen LogP contribution in [0.5, 0.6) is 0 Å². The number of carbonyl (C=O) groups is 2. The van der Waals surface area contributed by atoms with Gasteiger partial charge in [0.1, 0.15) is 5.78 Å². The molecule has 0 saturated heterocycles. The molecule has 0 radical (unpaired) electrons. The van der Waals surface area contributed by atoms with Gasteiger partial charge in [-0.15, -0.1) is 0 Å². The van der Waals surface area contributed by atoms with Gasteiger partial charge in [0.15, 0.2) is 0 Å². The van der Waals surface area contributed by atoms with Gasteiger partial charge in [-0.2, -0.15) is 5.26 Å². The van der Waals surface area contributed by atoms with Crippen molar-refractivity contribution in [1.82, 2.24) is 0 Å². The Hall–Kier alpha value is -1.37. The van der Waals surface area contributed by atoms with Gasteiger partial charge in [-0.1, -0.05) is 39.5 Å². The van der Waals surface area contributed by atoms with Crippen molar-refractivity contribution < 1.29 is 14.3 Å². The van der Waals surface area contributed by atoms with E-state index in [1.807, 2.05) is 13.8 Å². The number of unbranched alkanes of at least 4 members (excludes halogenated alkanes) is 3. The third-order valence-corrected chi connectivity index (χ3v) is 1.36. The fourth-order valence-corrected chi connectivity index (χ4v) is 0.832. The van der Waals surface area contributed by atoms with Gasteiger partial charge in [0.2, 0.25) is 0 Å². The van der Waals surface area contributed by atoms with E-state index in [1.165, 1.54) is 53.4 Å². The van der Waals surface area contributed by atoms with Crippen LogP contribution in [0.1, 0.15) is 81.1 Å². The average Bonchev–Trinajstić information content (AvgIpc) is 2.25. The molecule has 0 aromatic heterocycles. The van der Waals surface area contributed by atoms with Crippen molar-refractivity contribution in [2.24, 2.45) is 0 Å². The second kappa shape index (κ2) is 26.2. The molecule has 0 atom stereocenters. The van der Waals surface area contributed by atoms with Gasteiger partial charge in [-0.3, -0.25) is 4.79 Å². The van der Waals surface area contributed by atoms with E-state index < -0.39 is 0 Å². The summed E-state index contributed by atoms with van der Waals surface area (Å²) in [5.41, 5.74) is 0. The van der Waals surface area contributed by atoms with Crippen molar-refractivity contribution >= 4 is 11.8 Å². The minimum Gasteiger partial charge on any atom is -0.463 e. The van der Waals surface area contributed by atoms with E-state index >= 15 is 0 Å². The van der Waals surface area contributed by atoms with E-state index in [0.717, 1.165) is 0 Å². The Bertz CT molecular complexity index is 235. The topological polar surface area (TPSA) is 67.2 Å². The maximum atomic E-state index is 10.0. The van der Waals surface area contributed by atoms with E-state index in [9.17, 15) is 9.59 Å². The number of ketones is 1. The molecule has 0 aromatic rings. The lowest BCUT2D eigenvalue weighted by Gasteiger charge is -2.01. The van der Waals surface area contributed by atoms with Crippen LogP contribution in [-0.2, 0) is 14.3 Å². The third-order valence-electron chi connectivity index (χ3n) is 1.36. The van der Waals surface area contributed by atoms with Crippen molar-refractivity contribution in [3.63, 3.8) is 0 Å². The summed E-state index contributed by atoms with van der Waals surface area (Å²) < 4.78 is 4.61. The molecular weight excluding hydrogens is 254 g/mol. The molecule has 0 aliphatic rings. The van der Waals surface area contributed by atoms with Gasteiger partial charge in [-0.05, 0) is 27.7 Å². The molecule has 0 heterocycles. The maximum absolute atomic E-state index is 10.0. The lowest BCUT2D eigenvalue weighted by atomic mass is 10.2. The quantitative estimate of drug-likeness (QED) is 0.556. The Balaban J connectivity index is -0.0000000899. The maximum Gasteiger partial charge on any atom is 0.302 e. The summed E-state index contributed by atoms with van der Waals surface area (Å²) in [5.74, 6) is -0.0463. The Kier molecular flexibility index (Phi) is 35.5. The Morgan fingerprint density at radius 1 is 1.05 bits per heavy atom. The van der Waals surface area contributed by atoms with Crippen LogP contribution < -0.4 is 0 Å². The van der Waals surface area contributed by atoms with Crippen LogP contribution >= 0.6 is 0 Å². The summed E-state index contributed by atoms with van der Waals surface area (Å²) in [6, 6.07) is 1.75. The largest absolute Gasteiger partial charge is 0.463 e. The van der Waals surface area contributed by atoms with Crippen LogP contribution in [0.2, 0.25) is 0 Å². The number of nitrogens with zero attached hydrogens (tertiary/aromatic N) is 1. The van der Waals surface area contributed by atoms with Crippen molar-refractivity contribution in [3.05, 3.63) is 0 Å². The zero-order valence-electron chi connectivity index (χ0n) is 14.6. The molecule has 0 aliphatic carbocycles. The zero-order chi connectivity index (χ0) is 17.0. The van der Waals surface area contributed by atoms with Crippen molar-refractivity contribution in [2.75, 3.05) is 0 Å². The Morgan fingerprint density at radius 3 is 1.35 bits per heavy atom. The normalized spacial score (nSPS) is 7.60. The summed E-state index contributed by atoms with van der Waals surface area (Å²) in [7, 11) is 0. The second-order valence-electron chi connectivity index (χ2n) is 4.50. The molecule has 20 heavy (non-hydrogen) atoms. The molecule has 120 valence electrons. The predicted molar refractivity (Wildman–Crippen MR) is 84.4 cm³/mol. The summed E-state index contributed by atoms with van der Waals surface area (Å²) in [6.07, 6.45) is 5.56. The highest BCUT2D eigenvalue weighted by Crippen LogP contribution is 1.95. The van der Waals surface area contributed by atoms with Gasteiger partial charge in [0, 0.05) is 13.8 Å². The molecule has 0 N–H and O–H groups in total. The summed E-state index contributed by atoms with van der Waals surface area (Å²) in [4.78, 5) is 19.5. The van der Waals surface area contributed by atoms with Crippen molar-refractivity contribution in [3.8, 4) is 6.07 Å². The first-order valence-corrected chi connectivity index (χ1v) is 7.14. The van der Waals surface area contributed by atoms with E-state index in [1.54, 1.807) is 6.07 Å². The number of hydrogen-bond acceptors (Lipinski definition) is 4. The SMILES string of the molecule is CC#N.CC(=O)OC(C)C.CC(C)=O.CCCCCC. The number of esters is 1. The molecule has 0 aliphatic heterocycles. The molecule has 0 aromatic carbocycles. The monoisotopic (exact) mass is 287 g/mol. The van der Waals surface area contributed by atoms with Crippen LogP contribution in [0.25, 0.3) is 0 Å². The summed E-state index contributed by atoms with van der Waals surface area (Å²) in [6.45, 7) is 14.0. The molecular formula is C16H33NO3. The minimum atomic E-state index is -0.213. The second-order valence-corrected chi connectivity index (χ2v) is 4.50. The number of nitriles is 1. The minimum absolute atomic E-state index is 0.0255. The number of carbonyl (C=O) groups excluding carboxylic acids is 2. The molecule has 4 nitrogen and oxygen atoms in total. The van der Waals surface area contributed by atoms with Gasteiger partial charge < -0.3 is 9.53 Å².